The maximum absolute atomic E-state index is 10.9. The lowest BCUT2D eigenvalue weighted by atomic mass is 10.3. The number of rotatable bonds is 6. The van der Waals surface area contributed by atoms with Crippen molar-refractivity contribution in [2.75, 3.05) is 18.4 Å². The second kappa shape index (κ2) is 6.87. The van der Waals surface area contributed by atoms with Crippen molar-refractivity contribution >= 4 is 29.0 Å². The summed E-state index contributed by atoms with van der Waals surface area (Å²) in [5.41, 5.74) is 5.76. The van der Waals surface area contributed by atoms with Crippen molar-refractivity contribution in [2.24, 2.45) is 5.73 Å². The zero-order valence-electron chi connectivity index (χ0n) is 9.58. The van der Waals surface area contributed by atoms with E-state index in [1.54, 1.807) is 11.3 Å². The van der Waals surface area contributed by atoms with E-state index in [0.29, 0.717) is 19.6 Å². The number of amides is 3. The average molecular weight is 256 g/mol. The molecule has 17 heavy (non-hydrogen) atoms. The molecule has 0 aliphatic heterocycles. The highest BCUT2D eigenvalue weighted by Gasteiger charge is 2.04. The first-order valence-corrected chi connectivity index (χ1v) is 6.05. The van der Waals surface area contributed by atoms with Gasteiger partial charge in [0.15, 0.2) is 0 Å². The molecule has 94 valence electrons. The molecule has 0 bridgehead atoms. The molecule has 1 heterocycles. The van der Waals surface area contributed by atoms with Gasteiger partial charge in [0.1, 0.15) is 0 Å². The summed E-state index contributed by atoms with van der Waals surface area (Å²) in [6.45, 7) is 3.23. The third kappa shape index (κ3) is 5.32. The number of hydrogen-bond donors (Lipinski definition) is 4. The number of carbonyl (C=O) groups excluding carboxylic acids is 2. The summed E-state index contributed by atoms with van der Waals surface area (Å²) in [6.07, 6.45) is 0. The number of nitrogens with two attached hydrogens (primary N) is 1. The fourth-order valence-corrected chi connectivity index (χ4v) is 2.05. The lowest BCUT2D eigenvalue weighted by Gasteiger charge is -2.06. The molecule has 0 spiro atoms. The van der Waals surface area contributed by atoms with Crippen molar-refractivity contribution in [3.05, 3.63) is 16.3 Å². The van der Waals surface area contributed by atoms with Gasteiger partial charge in [0.25, 0.3) is 0 Å². The Morgan fingerprint density at radius 3 is 2.82 bits per heavy atom. The van der Waals surface area contributed by atoms with E-state index in [1.165, 1.54) is 6.92 Å². The van der Waals surface area contributed by atoms with Gasteiger partial charge in [0.2, 0.25) is 5.91 Å². The highest BCUT2D eigenvalue weighted by molar-refractivity contribution is 7.10. The Hall–Kier alpha value is -1.60. The Morgan fingerprint density at radius 1 is 1.41 bits per heavy atom. The second-order valence-corrected chi connectivity index (χ2v) is 4.41. The van der Waals surface area contributed by atoms with E-state index < -0.39 is 6.03 Å². The summed E-state index contributed by atoms with van der Waals surface area (Å²) >= 11 is 1.57. The van der Waals surface area contributed by atoms with Gasteiger partial charge in [-0.2, -0.15) is 0 Å². The maximum atomic E-state index is 10.9. The topological polar surface area (TPSA) is 96.2 Å². The van der Waals surface area contributed by atoms with Gasteiger partial charge in [-0.1, -0.05) is 0 Å². The molecule has 1 aromatic heterocycles. The van der Waals surface area contributed by atoms with E-state index in [-0.39, 0.29) is 5.91 Å². The highest BCUT2D eigenvalue weighted by Crippen LogP contribution is 2.21. The van der Waals surface area contributed by atoms with Crippen LogP contribution < -0.4 is 21.7 Å². The van der Waals surface area contributed by atoms with Crippen LogP contribution in [0.15, 0.2) is 11.4 Å². The number of thiophene rings is 1. The van der Waals surface area contributed by atoms with Crippen molar-refractivity contribution in [2.45, 2.75) is 13.5 Å². The van der Waals surface area contributed by atoms with E-state index in [0.717, 1.165) is 10.6 Å². The molecule has 0 saturated heterocycles. The quantitative estimate of drug-likeness (QED) is 0.557. The van der Waals surface area contributed by atoms with E-state index in [1.807, 2.05) is 11.4 Å². The minimum Gasteiger partial charge on any atom is -0.352 e. The van der Waals surface area contributed by atoms with Gasteiger partial charge in [-0.3, -0.25) is 4.79 Å². The fourth-order valence-electron chi connectivity index (χ4n) is 1.25. The minimum atomic E-state index is -0.526. The summed E-state index contributed by atoms with van der Waals surface area (Å²) in [7, 11) is 0. The zero-order chi connectivity index (χ0) is 12.7. The van der Waals surface area contributed by atoms with Crippen LogP contribution in [0.1, 0.15) is 11.8 Å². The molecule has 0 aliphatic rings. The van der Waals surface area contributed by atoms with Crippen molar-refractivity contribution in [3.63, 3.8) is 0 Å². The minimum absolute atomic E-state index is 0.0833. The van der Waals surface area contributed by atoms with E-state index in [2.05, 4.69) is 16.0 Å². The Balaban J connectivity index is 2.29. The van der Waals surface area contributed by atoms with Crippen molar-refractivity contribution in [1.29, 1.82) is 0 Å². The number of hydrogen-bond acceptors (Lipinski definition) is 4. The summed E-state index contributed by atoms with van der Waals surface area (Å²) in [6, 6.07) is 1.34. The molecule has 0 saturated carbocycles. The van der Waals surface area contributed by atoms with E-state index >= 15 is 0 Å². The predicted molar refractivity (Wildman–Crippen MR) is 67.9 cm³/mol. The van der Waals surface area contributed by atoms with Crippen molar-refractivity contribution in [3.8, 4) is 0 Å². The molecule has 5 N–H and O–H groups in total. The van der Waals surface area contributed by atoms with E-state index in [9.17, 15) is 9.59 Å². The number of anilines is 1. The first kappa shape index (κ1) is 13.5. The number of urea groups is 1. The lowest BCUT2D eigenvalue weighted by molar-refractivity contribution is -0.114. The smallest absolute Gasteiger partial charge is 0.312 e. The van der Waals surface area contributed by atoms with E-state index in [4.69, 9.17) is 5.73 Å². The largest absolute Gasteiger partial charge is 0.352 e. The SMILES string of the molecule is CC(=O)Nc1ccsc1CNCCNC(N)=O. The van der Waals surface area contributed by atoms with Crippen molar-refractivity contribution < 1.29 is 9.59 Å². The van der Waals surface area contributed by atoms with Gasteiger partial charge >= 0.3 is 6.03 Å². The summed E-state index contributed by atoms with van der Waals surface area (Å²) in [5.74, 6) is -0.0833. The lowest BCUT2D eigenvalue weighted by Crippen LogP contribution is -2.35. The molecule has 0 fully saturated rings. The summed E-state index contributed by atoms with van der Waals surface area (Å²) in [5, 5.41) is 10.3. The molecule has 0 radical (unpaired) electrons. The Bertz CT molecular complexity index is 391. The van der Waals surface area contributed by atoms with Crippen LogP contribution in [0.2, 0.25) is 0 Å². The third-order valence-electron chi connectivity index (χ3n) is 1.94. The summed E-state index contributed by atoms with van der Waals surface area (Å²) in [4.78, 5) is 22.4. The molecule has 3 amide bonds. The average Bonchev–Trinajstić information content (AvgIpc) is 2.64. The summed E-state index contributed by atoms with van der Waals surface area (Å²) < 4.78 is 0. The maximum Gasteiger partial charge on any atom is 0.312 e. The van der Waals surface area contributed by atoms with Crippen LogP contribution >= 0.6 is 11.3 Å². The monoisotopic (exact) mass is 256 g/mol. The predicted octanol–water partition coefficient (Wildman–Crippen LogP) is 0.464. The molecule has 6 nitrogen and oxygen atoms in total. The third-order valence-corrected chi connectivity index (χ3v) is 2.86. The fraction of sp³-hybridized carbons (Fsp3) is 0.400. The Labute approximate surface area is 104 Å². The number of nitrogens with one attached hydrogen (secondary N) is 3. The van der Waals surface area contributed by atoms with Crippen molar-refractivity contribution in [1.82, 2.24) is 10.6 Å². The Morgan fingerprint density at radius 2 is 2.18 bits per heavy atom. The molecule has 1 aromatic rings. The molecule has 0 aromatic carbocycles. The molecule has 1 rings (SSSR count). The van der Waals surface area contributed by atoms with Gasteiger partial charge in [0, 0.05) is 31.4 Å². The second-order valence-electron chi connectivity index (χ2n) is 3.41. The van der Waals surface area contributed by atoms with Crippen LogP contribution in [-0.4, -0.2) is 25.0 Å². The molecular weight excluding hydrogens is 240 g/mol. The molecule has 0 atom stereocenters. The molecular formula is C10H16N4O2S. The molecule has 7 heteroatoms. The number of primary amides is 1. The van der Waals surface area contributed by atoms with Gasteiger partial charge in [-0.05, 0) is 11.4 Å². The van der Waals surface area contributed by atoms with Crippen LogP contribution in [-0.2, 0) is 11.3 Å². The van der Waals surface area contributed by atoms with Gasteiger partial charge in [0.05, 0.1) is 5.69 Å². The standard InChI is InChI=1S/C10H16N4O2S/c1-7(15)14-8-2-5-17-9(8)6-12-3-4-13-10(11)16/h2,5,12H,3-4,6H2,1H3,(H,14,15)(H3,11,13,16). The van der Waals surface area contributed by atoms with Crippen LogP contribution in [0.4, 0.5) is 10.5 Å². The van der Waals surface area contributed by atoms with Crippen LogP contribution in [0, 0.1) is 0 Å². The van der Waals surface area contributed by atoms with Crippen LogP contribution in [0.3, 0.4) is 0 Å². The van der Waals surface area contributed by atoms with Crippen LogP contribution in [0.25, 0.3) is 0 Å². The first-order chi connectivity index (χ1) is 8.09. The number of carbonyl (C=O) groups is 2. The molecule has 0 unspecified atom stereocenters. The Kier molecular flexibility index (Phi) is 5.44. The molecule has 0 aliphatic carbocycles. The normalized spacial score (nSPS) is 9.94. The highest BCUT2D eigenvalue weighted by atomic mass is 32.1. The van der Waals surface area contributed by atoms with Gasteiger partial charge in [-0.25, -0.2) is 4.79 Å². The zero-order valence-corrected chi connectivity index (χ0v) is 10.4. The van der Waals surface area contributed by atoms with Gasteiger partial charge < -0.3 is 21.7 Å². The van der Waals surface area contributed by atoms with Crippen LogP contribution in [0.5, 0.6) is 0 Å². The van der Waals surface area contributed by atoms with Gasteiger partial charge in [-0.15, -0.1) is 11.3 Å². The first-order valence-electron chi connectivity index (χ1n) is 5.17.